The van der Waals surface area contributed by atoms with E-state index in [1.165, 1.54) is 11.3 Å². The Bertz CT molecular complexity index is 547. The van der Waals surface area contributed by atoms with Crippen LogP contribution in [0.15, 0.2) is 23.6 Å². The molecule has 2 aromatic rings. The van der Waals surface area contributed by atoms with Crippen molar-refractivity contribution in [2.75, 3.05) is 7.05 Å². The molecule has 0 aliphatic rings. The summed E-state index contributed by atoms with van der Waals surface area (Å²) in [5, 5.41) is 4.93. The van der Waals surface area contributed by atoms with E-state index in [2.05, 4.69) is 5.32 Å². The Labute approximate surface area is 111 Å². The molecule has 0 amide bonds. The van der Waals surface area contributed by atoms with Crippen LogP contribution in [0.5, 0.6) is 0 Å². The lowest BCUT2D eigenvalue weighted by molar-refractivity contribution is 0.502. The van der Waals surface area contributed by atoms with Gasteiger partial charge in [-0.25, -0.2) is 13.2 Å². The lowest BCUT2D eigenvalue weighted by atomic mass is 10.0. The molecule has 0 saturated heterocycles. The lowest BCUT2D eigenvalue weighted by Gasteiger charge is -2.17. The molecule has 1 N–H and O–H groups in total. The summed E-state index contributed by atoms with van der Waals surface area (Å²) in [7, 11) is 1.56. The first-order chi connectivity index (χ1) is 8.54. The van der Waals surface area contributed by atoms with Crippen molar-refractivity contribution >= 4 is 22.9 Å². The van der Waals surface area contributed by atoms with Gasteiger partial charge in [0.25, 0.3) is 0 Å². The van der Waals surface area contributed by atoms with Crippen LogP contribution in [0.25, 0.3) is 0 Å². The normalized spacial score (nSPS) is 12.7. The fourth-order valence-corrected chi connectivity index (χ4v) is 3.03. The van der Waals surface area contributed by atoms with Gasteiger partial charge in [0.05, 0.1) is 11.1 Å². The highest BCUT2D eigenvalue weighted by molar-refractivity contribution is 7.10. The van der Waals surface area contributed by atoms with Crippen LogP contribution in [0.2, 0.25) is 5.02 Å². The fourth-order valence-electron chi connectivity index (χ4n) is 1.75. The van der Waals surface area contributed by atoms with Gasteiger partial charge in [0.2, 0.25) is 0 Å². The molecule has 1 atom stereocenters. The summed E-state index contributed by atoms with van der Waals surface area (Å²) in [6.07, 6.45) is 0. The van der Waals surface area contributed by atoms with E-state index in [0.29, 0.717) is 22.0 Å². The Hall–Kier alpha value is -1.04. The second-order valence-electron chi connectivity index (χ2n) is 3.64. The maximum atomic E-state index is 13.7. The maximum absolute atomic E-state index is 13.7. The molecule has 0 fully saturated rings. The van der Waals surface area contributed by atoms with Gasteiger partial charge in [-0.15, -0.1) is 11.3 Å². The number of benzene rings is 1. The summed E-state index contributed by atoms with van der Waals surface area (Å²) in [6.45, 7) is 0. The molecule has 6 heteroatoms. The Kier molecular flexibility index (Phi) is 3.94. The first kappa shape index (κ1) is 13.4. The summed E-state index contributed by atoms with van der Waals surface area (Å²) >= 11 is 7.23. The van der Waals surface area contributed by atoms with Crippen LogP contribution < -0.4 is 5.32 Å². The Morgan fingerprint density at radius 3 is 2.28 bits per heavy atom. The van der Waals surface area contributed by atoms with E-state index in [-0.39, 0.29) is 5.56 Å². The molecule has 0 aliphatic heterocycles. The monoisotopic (exact) mass is 291 g/mol. The zero-order valence-corrected chi connectivity index (χ0v) is 10.9. The van der Waals surface area contributed by atoms with Crippen LogP contribution in [-0.4, -0.2) is 7.05 Å². The van der Waals surface area contributed by atoms with Crippen LogP contribution >= 0.6 is 22.9 Å². The van der Waals surface area contributed by atoms with E-state index in [1.54, 1.807) is 18.5 Å². The largest absolute Gasteiger partial charge is 0.308 e. The predicted octanol–water partition coefficient (Wildman–Crippen LogP) is 4.13. The minimum atomic E-state index is -0.944. The molecular formula is C12H9ClF3NS. The molecule has 0 radical (unpaired) electrons. The van der Waals surface area contributed by atoms with Crippen LogP contribution in [0.1, 0.15) is 16.5 Å². The van der Waals surface area contributed by atoms with Gasteiger partial charge in [0.1, 0.15) is 17.5 Å². The molecule has 1 nitrogen and oxygen atoms in total. The van der Waals surface area contributed by atoms with E-state index < -0.39 is 23.5 Å². The minimum absolute atomic E-state index is 0.233. The second kappa shape index (κ2) is 5.30. The Morgan fingerprint density at radius 1 is 1.22 bits per heavy atom. The third-order valence-corrected chi connectivity index (χ3v) is 3.95. The smallest absolute Gasteiger partial charge is 0.134 e. The lowest BCUT2D eigenvalue weighted by Crippen LogP contribution is -2.20. The summed E-state index contributed by atoms with van der Waals surface area (Å²) in [6, 6.07) is 2.22. The van der Waals surface area contributed by atoms with Crippen LogP contribution in [0.4, 0.5) is 13.2 Å². The number of hydrogen-bond acceptors (Lipinski definition) is 2. The molecule has 1 aromatic heterocycles. The van der Waals surface area contributed by atoms with Crippen LogP contribution in [0.3, 0.4) is 0 Å². The molecule has 1 unspecified atom stereocenters. The van der Waals surface area contributed by atoms with Crippen molar-refractivity contribution in [3.63, 3.8) is 0 Å². The number of nitrogens with one attached hydrogen (secondary N) is 1. The van der Waals surface area contributed by atoms with Gasteiger partial charge < -0.3 is 5.32 Å². The molecule has 0 spiro atoms. The molecule has 0 aliphatic carbocycles. The van der Waals surface area contributed by atoms with E-state index in [0.717, 1.165) is 0 Å². The highest BCUT2D eigenvalue weighted by atomic mass is 35.5. The number of thiophene rings is 1. The summed E-state index contributed by atoms with van der Waals surface area (Å²) in [5.74, 6) is -2.81. The maximum Gasteiger partial charge on any atom is 0.134 e. The predicted molar refractivity (Wildman–Crippen MR) is 66.5 cm³/mol. The summed E-state index contributed by atoms with van der Waals surface area (Å²) < 4.78 is 40.3. The van der Waals surface area contributed by atoms with Gasteiger partial charge in [-0.2, -0.15) is 0 Å². The van der Waals surface area contributed by atoms with Gasteiger partial charge in [-0.05, 0) is 18.5 Å². The van der Waals surface area contributed by atoms with Gasteiger partial charge in [-0.3, -0.25) is 0 Å². The van der Waals surface area contributed by atoms with Crippen molar-refractivity contribution in [1.29, 1.82) is 0 Å². The quantitative estimate of drug-likeness (QED) is 0.897. The Morgan fingerprint density at radius 2 is 1.83 bits per heavy atom. The number of rotatable bonds is 3. The van der Waals surface area contributed by atoms with E-state index in [1.807, 2.05) is 0 Å². The van der Waals surface area contributed by atoms with Crippen molar-refractivity contribution in [1.82, 2.24) is 5.32 Å². The number of halogens is 4. The second-order valence-corrected chi connectivity index (χ2v) is 4.99. The van der Waals surface area contributed by atoms with Crippen LogP contribution in [-0.2, 0) is 0 Å². The topological polar surface area (TPSA) is 12.0 Å². The van der Waals surface area contributed by atoms with Gasteiger partial charge in [0.15, 0.2) is 0 Å². The standard InChI is InChI=1S/C12H9ClF3NS/c1-17-11(12-7(13)2-3-18-12)10-8(15)4-6(14)5-9(10)16/h2-5,11,17H,1H3. The third kappa shape index (κ3) is 2.39. The molecule has 2 rings (SSSR count). The fraction of sp³-hybridized carbons (Fsp3) is 0.167. The molecule has 96 valence electrons. The van der Waals surface area contributed by atoms with E-state index in [9.17, 15) is 13.2 Å². The SMILES string of the molecule is CNC(c1sccc1Cl)c1c(F)cc(F)cc1F. The van der Waals surface area contributed by atoms with Crippen molar-refractivity contribution < 1.29 is 13.2 Å². The Balaban J connectivity index is 2.56. The van der Waals surface area contributed by atoms with Gasteiger partial charge in [0, 0.05) is 22.6 Å². The molecule has 1 heterocycles. The number of hydrogen-bond donors (Lipinski definition) is 1. The van der Waals surface area contributed by atoms with E-state index in [4.69, 9.17) is 11.6 Å². The van der Waals surface area contributed by atoms with Crippen LogP contribution in [0, 0.1) is 17.5 Å². The van der Waals surface area contributed by atoms with Crippen molar-refractivity contribution in [2.45, 2.75) is 6.04 Å². The molecule has 0 saturated carbocycles. The molecule has 0 bridgehead atoms. The van der Waals surface area contributed by atoms with Gasteiger partial charge in [-0.1, -0.05) is 11.6 Å². The average Bonchev–Trinajstić information content (AvgIpc) is 2.69. The van der Waals surface area contributed by atoms with E-state index >= 15 is 0 Å². The van der Waals surface area contributed by atoms with Crippen molar-refractivity contribution in [3.05, 3.63) is 56.5 Å². The van der Waals surface area contributed by atoms with Crippen molar-refractivity contribution in [3.8, 4) is 0 Å². The zero-order chi connectivity index (χ0) is 13.3. The molecule has 18 heavy (non-hydrogen) atoms. The summed E-state index contributed by atoms with van der Waals surface area (Å²) in [5.41, 5.74) is -0.233. The minimum Gasteiger partial charge on any atom is -0.308 e. The van der Waals surface area contributed by atoms with Crippen molar-refractivity contribution in [2.24, 2.45) is 0 Å². The first-order valence-corrected chi connectivity index (χ1v) is 6.35. The average molecular weight is 292 g/mol. The zero-order valence-electron chi connectivity index (χ0n) is 9.31. The summed E-state index contributed by atoms with van der Waals surface area (Å²) in [4.78, 5) is 0.587. The highest BCUT2D eigenvalue weighted by Gasteiger charge is 2.24. The third-order valence-electron chi connectivity index (χ3n) is 2.53. The highest BCUT2D eigenvalue weighted by Crippen LogP contribution is 2.35. The van der Waals surface area contributed by atoms with Gasteiger partial charge >= 0.3 is 0 Å². The molecular weight excluding hydrogens is 283 g/mol. The first-order valence-electron chi connectivity index (χ1n) is 5.09. The molecule has 1 aromatic carbocycles.